The first-order valence-corrected chi connectivity index (χ1v) is 8.22. The molecule has 0 saturated carbocycles. The highest BCUT2D eigenvalue weighted by molar-refractivity contribution is 5.35. The third kappa shape index (κ3) is 2.89. The van der Waals surface area contributed by atoms with Gasteiger partial charge in [0.1, 0.15) is 0 Å². The van der Waals surface area contributed by atoms with E-state index in [1.165, 1.54) is 24.0 Å². The number of aryl methyl sites for hydroxylation is 2. The van der Waals surface area contributed by atoms with Gasteiger partial charge < -0.3 is 0 Å². The standard InChI is InChI=1S/C20H25N/c1-3-16-9-5-6-11-18(16)15-21(4-2)20-14-13-17-10-7-8-12-19(17)20/h5-12,20H,3-4,13-15H2,1-2H3. The molecule has 0 spiro atoms. The number of benzene rings is 2. The van der Waals surface area contributed by atoms with Gasteiger partial charge in [-0.25, -0.2) is 0 Å². The van der Waals surface area contributed by atoms with E-state index in [1.54, 1.807) is 11.1 Å². The van der Waals surface area contributed by atoms with Gasteiger partial charge in [-0.1, -0.05) is 62.4 Å². The van der Waals surface area contributed by atoms with E-state index in [0.717, 1.165) is 19.5 Å². The molecule has 1 aliphatic rings. The van der Waals surface area contributed by atoms with Crippen LogP contribution >= 0.6 is 0 Å². The molecule has 0 bridgehead atoms. The van der Waals surface area contributed by atoms with Crippen molar-refractivity contribution < 1.29 is 0 Å². The SMILES string of the molecule is CCc1ccccc1CN(CC)C1CCc2ccccc21. The first kappa shape index (κ1) is 14.3. The van der Waals surface area contributed by atoms with Gasteiger partial charge in [0.15, 0.2) is 0 Å². The molecular formula is C20H25N. The van der Waals surface area contributed by atoms with Crippen molar-refractivity contribution in [2.24, 2.45) is 0 Å². The molecule has 2 aromatic carbocycles. The van der Waals surface area contributed by atoms with Crippen molar-refractivity contribution in [3.8, 4) is 0 Å². The molecule has 0 heterocycles. The fraction of sp³-hybridized carbons (Fsp3) is 0.400. The molecule has 2 aromatic rings. The van der Waals surface area contributed by atoms with Crippen molar-refractivity contribution in [1.82, 2.24) is 4.90 Å². The summed E-state index contributed by atoms with van der Waals surface area (Å²) >= 11 is 0. The number of fused-ring (bicyclic) bond motifs is 1. The number of hydrogen-bond acceptors (Lipinski definition) is 1. The summed E-state index contributed by atoms with van der Waals surface area (Å²) in [4.78, 5) is 2.64. The maximum Gasteiger partial charge on any atom is 0.0357 e. The Balaban J connectivity index is 1.83. The highest BCUT2D eigenvalue weighted by Crippen LogP contribution is 2.36. The molecule has 0 fully saturated rings. The summed E-state index contributed by atoms with van der Waals surface area (Å²) in [6.07, 6.45) is 3.61. The van der Waals surface area contributed by atoms with Crippen molar-refractivity contribution in [3.05, 3.63) is 70.8 Å². The van der Waals surface area contributed by atoms with Gasteiger partial charge in [-0.15, -0.1) is 0 Å². The highest BCUT2D eigenvalue weighted by Gasteiger charge is 2.26. The van der Waals surface area contributed by atoms with Crippen LogP contribution in [0, 0.1) is 0 Å². The average molecular weight is 279 g/mol. The van der Waals surface area contributed by atoms with E-state index in [0.29, 0.717) is 6.04 Å². The van der Waals surface area contributed by atoms with Crippen LogP contribution in [-0.4, -0.2) is 11.4 Å². The Kier molecular flexibility index (Phi) is 4.40. The second-order valence-corrected chi connectivity index (χ2v) is 5.94. The number of hydrogen-bond donors (Lipinski definition) is 0. The van der Waals surface area contributed by atoms with Crippen LogP contribution < -0.4 is 0 Å². The zero-order valence-corrected chi connectivity index (χ0v) is 13.2. The molecular weight excluding hydrogens is 254 g/mol. The molecule has 1 atom stereocenters. The minimum Gasteiger partial charge on any atom is -0.292 e. The fourth-order valence-electron chi connectivity index (χ4n) is 3.63. The summed E-state index contributed by atoms with van der Waals surface area (Å²) < 4.78 is 0. The largest absolute Gasteiger partial charge is 0.292 e. The normalized spacial score (nSPS) is 17.2. The number of nitrogens with zero attached hydrogens (tertiary/aromatic N) is 1. The summed E-state index contributed by atoms with van der Waals surface area (Å²) in [5, 5.41) is 0. The second-order valence-electron chi connectivity index (χ2n) is 5.94. The van der Waals surface area contributed by atoms with E-state index < -0.39 is 0 Å². The number of rotatable bonds is 5. The Labute approximate surface area is 128 Å². The zero-order chi connectivity index (χ0) is 14.7. The molecule has 1 nitrogen and oxygen atoms in total. The molecule has 21 heavy (non-hydrogen) atoms. The van der Waals surface area contributed by atoms with Gasteiger partial charge in [0.2, 0.25) is 0 Å². The lowest BCUT2D eigenvalue weighted by Gasteiger charge is -2.29. The molecule has 110 valence electrons. The van der Waals surface area contributed by atoms with Crippen molar-refractivity contribution in [2.45, 2.75) is 45.7 Å². The first-order chi connectivity index (χ1) is 10.3. The predicted octanol–water partition coefficient (Wildman–Crippen LogP) is 4.76. The highest BCUT2D eigenvalue weighted by atomic mass is 15.2. The van der Waals surface area contributed by atoms with Crippen LogP contribution in [0.1, 0.15) is 48.6 Å². The Bertz CT molecular complexity index is 602. The summed E-state index contributed by atoms with van der Waals surface area (Å²) in [6, 6.07) is 18.5. The molecule has 1 unspecified atom stereocenters. The lowest BCUT2D eigenvalue weighted by Crippen LogP contribution is -2.27. The van der Waals surface area contributed by atoms with Crippen LogP contribution in [0.3, 0.4) is 0 Å². The van der Waals surface area contributed by atoms with Crippen molar-refractivity contribution in [2.75, 3.05) is 6.54 Å². The van der Waals surface area contributed by atoms with Crippen LogP contribution in [0.4, 0.5) is 0 Å². The minimum atomic E-state index is 0.594. The summed E-state index contributed by atoms with van der Waals surface area (Å²) in [6.45, 7) is 6.71. The first-order valence-electron chi connectivity index (χ1n) is 8.22. The van der Waals surface area contributed by atoms with Gasteiger partial charge >= 0.3 is 0 Å². The smallest absolute Gasteiger partial charge is 0.0357 e. The predicted molar refractivity (Wildman–Crippen MR) is 89.4 cm³/mol. The van der Waals surface area contributed by atoms with Gasteiger partial charge in [0, 0.05) is 12.6 Å². The molecule has 3 rings (SSSR count). The molecule has 0 saturated heterocycles. The molecule has 1 heteroatoms. The van der Waals surface area contributed by atoms with Gasteiger partial charge in [0.05, 0.1) is 0 Å². The van der Waals surface area contributed by atoms with E-state index >= 15 is 0 Å². The Morgan fingerprint density at radius 1 is 0.952 bits per heavy atom. The summed E-state index contributed by atoms with van der Waals surface area (Å²) in [5.41, 5.74) is 6.08. The third-order valence-electron chi connectivity index (χ3n) is 4.82. The van der Waals surface area contributed by atoms with Crippen LogP contribution in [0.5, 0.6) is 0 Å². The molecule has 0 aromatic heterocycles. The van der Waals surface area contributed by atoms with Crippen LogP contribution in [0.2, 0.25) is 0 Å². The molecule has 0 radical (unpaired) electrons. The average Bonchev–Trinajstić information content (AvgIpc) is 2.97. The molecule has 0 amide bonds. The van der Waals surface area contributed by atoms with Crippen molar-refractivity contribution >= 4 is 0 Å². The van der Waals surface area contributed by atoms with Crippen molar-refractivity contribution in [1.29, 1.82) is 0 Å². The molecule has 0 N–H and O–H groups in total. The van der Waals surface area contributed by atoms with Gasteiger partial charge in [0.25, 0.3) is 0 Å². The van der Waals surface area contributed by atoms with E-state index in [4.69, 9.17) is 0 Å². The van der Waals surface area contributed by atoms with Gasteiger partial charge in [-0.3, -0.25) is 4.90 Å². The van der Waals surface area contributed by atoms with E-state index in [9.17, 15) is 0 Å². The van der Waals surface area contributed by atoms with Crippen LogP contribution in [0.15, 0.2) is 48.5 Å². The van der Waals surface area contributed by atoms with E-state index in [2.05, 4.69) is 67.3 Å². The minimum absolute atomic E-state index is 0.594. The topological polar surface area (TPSA) is 3.24 Å². The fourth-order valence-corrected chi connectivity index (χ4v) is 3.63. The van der Waals surface area contributed by atoms with Gasteiger partial charge in [-0.2, -0.15) is 0 Å². The Morgan fingerprint density at radius 2 is 1.67 bits per heavy atom. The Morgan fingerprint density at radius 3 is 2.43 bits per heavy atom. The molecule has 0 aliphatic heterocycles. The zero-order valence-electron chi connectivity index (χ0n) is 13.2. The maximum atomic E-state index is 2.64. The molecule has 1 aliphatic carbocycles. The van der Waals surface area contributed by atoms with E-state index in [-0.39, 0.29) is 0 Å². The van der Waals surface area contributed by atoms with E-state index in [1.807, 2.05) is 0 Å². The monoisotopic (exact) mass is 279 g/mol. The maximum absolute atomic E-state index is 2.64. The third-order valence-corrected chi connectivity index (χ3v) is 4.82. The second kappa shape index (κ2) is 6.44. The van der Waals surface area contributed by atoms with Crippen molar-refractivity contribution in [3.63, 3.8) is 0 Å². The summed E-state index contributed by atoms with van der Waals surface area (Å²) in [5.74, 6) is 0. The van der Waals surface area contributed by atoms with Crippen LogP contribution in [0.25, 0.3) is 0 Å². The van der Waals surface area contributed by atoms with Gasteiger partial charge in [-0.05, 0) is 48.1 Å². The lowest BCUT2D eigenvalue weighted by molar-refractivity contribution is 0.198. The van der Waals surface area contributed by atoms with Crippen LogP contribution in [-0.2, 0) is 19.4 Å². The Hall–Kier alpha value is -1.60. The summed E-state index contributed by atoms with van der Waals surface area (Å²) in [7, 11) is 0. The lowest BCUT2D eigenvalue weighted by atomic mass is 10.0. The quantitative estimate of drug-likeness (QED) is 0.763.